The molecule has 3 rings (SSSR count). The maximum atomic E-state index is 11.2. The first-order valence-corrected chi connectivity index (χ1v) is 6.70. The van der Waals surface area contributed by atoms with Crippen molar-refractivity contribution in [1.29, 1.82) is 0 Å². The molecule has 0 radical (unpaired) electrons. The van der Waals surface area contributed by atoms with Gasteiger partial charge in [-0.25, -0.2) is 4.79 Å². The number of H-pyrrole nitrogens is 2. The Labute approximate surface area is 116 Å². The van der Waals surface area contributed by atoms with Crippen molar-refractivity contribution in [2.45, 2.75) is 19.4 Å². The predicted molar refractivity (Wildman–Crippen MR) is 77.7 cm³/mol. The fourth-order valence-electron chi connectivity index (χ4n) is 2.30. The zero-order valence-electron chi connectivity index (χ0n) is 11.3. The van der Waals surface area contributed by atoms with Crippen LogP contribution < -0.4 is 11.0 Å². The molecule has 104 valence electrons. The minimum Gasteiger partial charge on any atom is -0.469 e. The molecule has 0 saturated heterocycles. The summed E-state index contributed by atoms with van der Waals surface area (Å²) in [6, 6.07) is 10.0. The first-order chi connectivity index (χ1) is 9.72. The second-order valence-electron chi connectivity index (χ2n) is 4.89. The van der Waals surface area contributed by atoms with E-state index in [1.165, 1.54) is 0 Å². The highest BCUT2D eigenvalue weighted by Gasteiger charge is 2.07. The lowest BCUT2D eigenvalue weighted by Crippen LogP contribution is -2.21. The number of aromatic nitrogens is 2. The van der Waals surface area contributed by atoms with Gasteiger partial charge in [-0.15, -0.1) is 0 Å². The van der Waals surface area contributed by atoms with Crippen LogP contribution in [0.4, 0.5) is 0 Å². The standard InChI is InChI=1S/C15H17N3O2/c1-10(16-7-6-12-3-2-8-20-12)11-4-5-13-14(9-11)18-15(19)17-13/h2-5,8-10,16H,6-7H2,1H3,(H2,17,18,19). The van der Waals surface area contributed by atoms with Gasteiger partial charge in [-0.2, -0.15) is 0 Å². The summed E-state index contributed by atoms with van der Waals surface area (Å²) < 4.78 is 5.30. The Kier molecular flexibility index (Phi) is 3.43. The molecule has 1 aromatic carbocycles. The highest BCUT2D eigenvalue weighted by atomic mass is 16.3. The minimum absolute atomic E-state index is 0.171. The zero-order chi connectivity index (χ0) is 13.9. The summed E-state index contributed by atoms with van der Waals surface area (Å²) in [5.74, 6) is 0.982. The maximum absolute atomic E-state index is 11.2. The van der Waals surface area contributed by atoms with Crippen molar-refractivity contribution in [1.82, 2.24) is 15.3 Å². The highest BCUT2D eigenvalue weighted by molar-refractivity contribution is 5.75. The molecule has 0 spiro atoms. The van der Waals surface area contributed by atoms with Crippen LogP contribution in [0.3, 0.4) is 0 Å². The van der Waals surface area contributed by atoms with E-state index in [0.29, 0.717) is 0 Å². The molecule has 1 atom stereocenters. The third-order valence-corrected chi connectivity index (χ3v) is 3.44. The molecule has 3 N–H and O–H groups in total. The number of imidazole rings is 1. The van der Waals surface area contributed by atoms with E-state index in [4.69, 9.17) is 4.42 Å². The van der Waals surface area contributed by atoms with Crippen LogP contribution in [-0.4, -0.2) is 16.5 Å². The second-order valence-corrected chi connectivity index (χ2v) is 4.89. The van der Waals surface area contributed by atoms with Crippen molar-refractivity contribution in [3.05, 3.63) is 58.4 Å². The third kappa shape index (κ3) is 2.67. The van der Waals surface area contributed by atoms with Crippen molar-refractivity contribution in [2.24, 2.45) is 0 Å². The number of aromatic amines is 2. The van der Waals surface area contributed by atoms with Gasteiger partial charge in [0.2, 0.25) is 0 Å². The molecule has 0 aliphatic heterocycles. The fourth-order valence-corrected chi connectivity index (χ4v) is 2.30. The van der Waals surface area contributed by atoms with Crippen LogP contribution in [0.2, 0.25) is 0 Å². The van der Waals surface area contributed by atoms with Crippen LogP contribution in [0.15, 0.2) is 45.8 Å². The van der Waals surface area contributed by atoms with E-state index in [0.717, 1.165) is 35.3 Å². The summed E-state index contributed by atoms with van der Waals surface area (Å²) in [5, 5.41) is 3.45. The Hall–Kier alpha value is -2.27. The Bertz CT molecular complexity index is 740. The molecule has 0 amide bonds. The van der Waals surface area contributed by atoms with Gasteiger partial charge in [0.1, 0.15) is 5.76 Å². The smallest absolute Gasteiger partial charge is 0.323 e. The number of furan rings is 1. The van der Waals surface area contributed by atoms with Gasteiger partial charge in [0.25, 0.3) is 0 Å². The van der Waals surface area contributed by atoms with Gasteiger partial charge in [0.05, 0.1) is 17.3 Å². The van der Waals surface area contributed by atoms with E-state index < -0.39 is 0 Å². The average molecular weight is 271 g/mol. The van der Waals surface area contributed by atoms with Crippen molar-refractivity contribution in [3.63, 3.8) is 0 Å². The Morgan fingerprint density at radius 3 is 2.90 bits per heavy atom. The third-order valence-electron chi connectivity index (χ3n) is 3.44. The quantitative estimate of drug-likeness (QED) is 0.667. The summed E-state index contributed by atoms with van der Waals surface area (Å²) in [7, 11) is 0. The molecule has 0 saturated carbocycles. The topological polar surface area (TPSA) is 73.8 Å². The van der Waals surface area contributed by atoms with Gasteiger partial charge >= 0.3 is 5.69 Å². The summed E-state index contributed by atoms with van der Waals surface area (Å²) in [6.45, 7) is 2.95. The van der Waals surface area contributed by atoms with Gasteiger partial charge in [0, 0.05) is 19.0 Å². The number of hydrogen-bond donors (Lipinski definition) is 3. The van der Waals surface area contributed by atoms with Gasteiger partial charge in [-0.1, -0.05) is 6.07 Å². The number of hydrogen-bond acceptors (Lipinski definition) is 3. The first kappa shape index (κ1) is 12.7. The van der Waals surface area contributed by atoms with E-state index in [2.05, 4.69) is 22.2 Å². The highest BCUT2D eigenvalue weighted by Crippen LogP contribution is 2.17. The van der Waals surface area contributed by atoms with Gasteiger partial charge in [0.15, 0.2) is 0 Å². The SMILES string of the molecule is CC(NCCc1ccco1)c1ccc2[nH]c(=O)[nH]c2c1. The zero-order valence-corrected chi connectivity index (χ0v) is 11.3. The molecular weight excluding hydrogens is 254 g/mol. The molecule has 0 bridgehead atoms. The van der Waals surface area contributed by atoms with Gasteiger partial charge in [-0.05, 0) is 36.8 Å². The monoisotopic (exact) mass is 271 g/mol. The Morgan fingerprint density at radius 2 is 2.10 bits per heavy atom. The average Bonchev–Trinajstić information content (AvgIpc) is 3.05. The van der Waals surface area contributed by atoms with Crippen LogP contribution in [-0.2, 0) is 6.42 Å². The largest absolute Gasteiger partial charge is 0.469 e. The number of rotatable bonds is 5. The van der Waals surface area contributed by atoms with Gasteiger partial charge < -0.3 is 19.7 Å². The molecule has 2 aromatic heterocycles. The summed E-state index contributed by atoms with van der Waals surface area (Å²) in [4.78, 5) is 16.8. The molecule has 5 heteroatoms. The predicted octanol–water partition coefficient (Wildman–Crippen LogP) is 2.34. The van der Waals surface area contributed by atoms with Crippen LogP contribution in [0.5, 0.6) is 0 Å². The number of benzene rings is 1. The molecule has 3 aromatic rings. The van der Waals surface area contributed by atoms with Crippen molar-refractivity contribution in [2.75, 3.05) is 6.54 Å². The maximum Gasteiger partial charge on any atom is 0.323 e. The van der Waals surface area contributed by atoms with E-state index in [-0.39, 0.29) is 11.7 Å². The van der Waals surface area contributed by atoms with E-state index in [9.17, 15) is 4.79 Å². The van der Waals surface area contributed by atoms with E-state index >= 15 is 0 Å². The van der Waals surface area contributed by atoms with Crippen molar-refractivity contribution in [3.8, 4) is 0 Å². The first-order valence-electron chi connectivity index (χ1n) is 6.70. The van der Waals surface area contributed by atoms with Crippen molar-refractivity contribution < 1.29 is 4.42 Å². The summed E-state index contributed by atoms with van der Waals surface area (Å²) >= 11 is 0. The number of nitrogens with one attached hydrogen (secondary N) is 3. The van der Waals surface area contributed by atoms with Gasteiger partial charge in [-0.3, -0.25) is 0 Å². The van der Waals surface area contributed by atoms with E-state index in [1.807, 2.05) is 30.3 Å². The van der Waals surface area contributed by atoms with Crippen molar-refractivity contribution >= 4 is 11.0 Å². The van der Waals surface area contributed by atoms with Crippen LogP contribution in [0, 0.1) is 0 Å². The molecule has 0 aliphatic carbocycles. The molecule has 0 fully saturated rings. The lowest BCUT2D eigenvalue weighted by molar-refractivity contribution is 0.486. The minimum atomic E-state index is -0.171. The summed E-state index contributed by atoms with van der Waals surface area (Å²) in [6.07, 6.45) is 2.55. The molecule has 5 nitrogen and oxygen atoms in total. The Morgan fingerprint density at radius 1 is 1.25 bits per heavy atom. The second kappa shape index (κ2) is 5.38. The fraction of sp³-hybridized carbons (Fsp3) is 0.267. The molecule has 1 unspecified atom stereocenters. The number of fused-ring (bicyclic) bond motifs is 1. The lowest BCUT2D eigenvalue weighted by atomic mass is 10.1. The molecular formula is C15H17N3O2. The van der Waals surface area contributed by atoms with Crippen LogP contribution in [0.25, 0.3) is 11.0 Å². The molecule has 20 heavy (non-hydrogen) atoms. The lowest BCUT2D eigenvalue weighted by Gasteiger charge is -2.13. The van der Waals surface area contributed by atoms with E-state index in [1.54, 1.807) is 6.26 Å². The normalized spacial score (nSPS) is 12.8. The van der Waals surface area contributed by atoms with Crippen LogP contribution in [0.1, 0.15) is 24.3 Å². The molecule has 2 heterocycles. The molecule has 0 aliphatic rings. The Balaban J connectivity index is 1.65. The van der Waals surface area contributed by atoms with Crippen LogP contribution >= 0.6 is 0 Å². The summed E-state index contributed by atoms with van der Waals surface area (Å²) in [5.41, 5.74) is 2.65.